The molecule has 0 radical (unpaired) electrons. The molecule has 0 spiro atoms. The van der Waals surface area contributed by atoms with Crippen molar-refractivity contribution in [3.8, 4) is 11.1 Å². The molecule has 8 rings (SSSR count). The third kappa shape index (κ3) is 6.86. The Morgan fingerprint density at radius 3 is 1.89 bits per heavy atom. The second kappa shape index (κ2) is 15.0. The first-order chi connectivity index (χ1) is 26.1. The zero-order valence-electron chi connectivity index (χ0n) is 30.9. The lowest BCUT2D eigenvalue weighted by Gasteiger charge is -2.32. The van der Waals surface area contributed by atoms with Gasteiger partial charge in [-0.25, -0.2) is 9.97 Å². The van der Waals surface area contributed by atoms with E-state index in [-0.39, 0.29) is 36.0 Å². The number of rotatable bonds is 11. The molecule has 4 aromatic rings. The van der Waals surface area contributed by atoms with Crippen molar-refractivity contribution < 1.29 is 19.8 Å². The standard InChI is InChI=1S/C40H48Cl2N8O4/c1-47-32-11-16-49(18-15-40-13-9-24(19-40)10-14-40)20-30(32)43-36(47)38(53)45-28-7-3-5-26(34(28)41)27-6-4-8-29(35(27)42)46-39(54)37-44-31-21-50(25(22-51)23-52)17-12-33(31)48(37)2/h3-8,24-25,51-52H,9-23H2,1-2H3,(H,45,53)(H,46,54). The molecular formula is C40H48Cl2N8O4. The predicted molar refractivity (Wildman–Crippen MR) is 209 cm³/mol. The quantitative estimate of drug-likeness (QED) is 0.153. The summed E-state index contributed by atoms with van der Waals surface area (Å²) in [6.45, 7) is 3.55. The number of imidazole rings is 2. The fraction of sp³-hybridized carbons (Fsp3) is 0.500. The number of amides is 2. The Morgan fingerprint density at radius 1 is 0.833 bits per heavy atom. The maximum Gasteiger partial charge on any atom is 0.291 e. The first kappa shape index (κ1) is 37.2. The van der Waals surface area contributed by atoms with Crippen molar-refractivity contribution in [1.82, 2.24) is 28.9 Å². The summed E-state index contributed by atoms with van der Waals surface area (Å²) in [5.74, 6) is 0.777. The second-order valence-corrected chi connectivity index (χ2v) is 16.4. The van der Waals surface area contributed by atoms with Gasteiger partial charge in [-0.1, -0.05) is 47.5 Å². The summed E-state index contributed by atoms with van der Waals surface area (Å²) in [6, 6.07) is 10.3. The van der Waals surface area contributed by atoms with Crippen LogP contribution in [0.15, 0.2) is 36.4 Å². The summed E-state index contributed by atoms with van der Waals surface area (Å²) < 4.78 is 3.69. The smallest absolute Gasteiger partial charge is 0.291 e. The summed E-state index contributed by atoms with van der Waals surface area (Å²) in [5.41, 5.74) is 6.29. The SMILES string of the molecule is Cn1c(C(=O)Nc2cccc(-c3cccc(NC(=O)c4nc5c(n4C)CCN(C(CO)CO)C5)c3Cl)c2Cl)nc2c1CCN(CCC13CCC(CC1)C3)C2. The van der Waals surface area contributed by atoms with Crippen LogP contribution in [-0.4, -0.2) is 89.8 Å². The summed E-state index contributed by atoms with van der Waals surface area (Å²) >= 11 is 13.9. The minimum atomic E-state index is -0.424. The van der Waals surface area contributed by atoms with E-state index in [4.69, 9.17) is 28.2 Å². The van der Waals surface area contributed by atoms with Crippen LogP contribution in [0, 0.1) is 11.3 Å². The first-order valence-electron chi connectivity index (χ1n) is 19.0. The van der Waals surface area contributed by atoms with Crippen LogP contribution in [0.5, 0.6) is 0 Å². The van der Waals surface area contributed by atoms with Crippen molar-refractivity contribution in [3.63, 3.8) is 0 Å². The second-order valence-electron chi connectivity index (χ2n) is 15.7. The highest BCUT2D eigenvalue weighted by molar-refractivity contribution is 6.40. The Hall–Kier alpha value is -3.78. The number of hydrogen-bond donors (Lipinski definition) is 4. The third-order valence-electron chi connectivity index (χ3n) is 12.6. The van der Waals surface area contributed by atoms with Crippen LogP contribution in [0.1, 0.15) is 82.5 Å². The van der Waals surface area contributed by atoms with E-state index >= 15 is 0 Å². The molecule has 2 fully saturated rings. The molecule has 4 heterocycles. The van der Waals surface area contributed by atoms with Crippen molar-refractivity contribution in [2.24, 2.45) is 25.4 Å². The van der Waals surface area contributed by atoms with Gasteiger partial charge in [0, 0.05) is 75.6 Å². The first-order valence-corrected chi connectivity index (χ1v) is 19.8. The number of halogens is 2. The molecule has 2 bridgehead atoms. The minimum Gasteiger partial charge on any atom is -0.395 e. The molecule has 12 nitrogen and oxygen atoms in total. The lowest BCUT2D eigenvalue weighted by Crippen LogP contribution is -2.43. The maximum atomic E-state index is 13.7. The highest BCUT2D eigenvalue weighted by atomic mass is 35.5. The van der Waals surface area contributed by atoms with E-state index in [1.807, 2.05) is 28.6 Å². The molecule has 2 saturated carbocycles. The Labute approximate surface area is 325 Å². The van der Waals surface area contributed by atoms with Crippen LogP contribution in [0.2, 0.25) is 10.0 Å². The number of fused-ring (bicyclic) bond motifs is 4. The zero-order chi connectivity index (χ0) is 37.7. The van der Waals surface area contributed by atoms with E-state index in [1.165, 1.54) is 38.5 Å². The summed E-state index contributed by atoms with van der Waals surface area (Å²) in [4.78, 5) is 41.2. The van der Waals surface area contributed by atoms with E-state index in [0.717, 1.165) is 54.7 Å². The number of carbonyl (C=O) groups excluding carboxylic acids is 2. The van der Waals surface area contributed by atoms with Crippen LogP contribution in [0.3, 0.4) is 0 Å². The van der Waals surface area contributed by atoms with Gasteiger partial charge in [0.1, 0.15) is 0 Å². The third-order valence-corrected chi connectivity index (χ3v) is 13.4. The Morgan fingerprint density at radius 2 is 1.37 bits per heavy atom. The molecule has 2 aromatic heterocycles. The maximum absolute atomic E-state index is 13.7. The molecule has 14 heteroatoms. The molecule has 0 atom stereocenters. The van der Waals surface area contributed by atoms with Gasteiger partial charge in [0.25, 0.3) is 11.8 Å². The Bertz CT molecular complexity index is 2080. The molecule has 4 N–H and O–H groups in total. The van der Waals surface area contributed by atoms with Gasteiger partial charge >= 0.3 is 0 Å². The van der Waals surface area contributed by atoms with E-state index in [0.29, 0.717) is 58.3 Å². The number of aromatic nitrogens is 4. The lowest BCUT2D eigenvalue weighted by molar-refractivity contribution is 0.0637. The van der Waals surface area contributed by atoms with Crippen LogP contribution < -0.4 is 10.6 Å². The van der Waals surface area contributed by atoms with Gasteiger partial charge in [0.05, 0.1) is 52.1 Å². The number of nitrogens with one attached hydrogen (secondary N) is 2. The Kier molecular flexibility index (Phi) is 10.4. The van der Waals surface area contributed by atoms with Crippen LogP contribution in [0.4, 0.5) is 11.4 Å². The largest absolute Gasteiger partial charge is 0.395 e. The van der Waals surface area contributed by atoms with Crippen molar-refractivity contribution in [3.05, 3.63) is 80.9 Å². The van der Waals surface area contributed by atoms with Gasteiger partial charge in [-0.05, 0) is 68.5 Å². The van der Waals surface area contributed by atoms with Gasteiger partial charge in [0.15, 0.2) is 11.6 Å². The fourth-order valence-corrected chi connectivity index (χ4v) is 9.97. The normalized spacial score (nSPS) is 21.1. The van der Waals surface area contributed by atoms with Crippen LogP contribution >= 0.6 is 23.2 Å². The van der Waals surface area contributed by atoms with Crippen LogP contribution in [0.25, 0.3) is 11.1 Å². The minimum absolute atomic E-state index is 0.161. The molecule has 2 aliphatic heterocycles. The average molecular weight is 776 g/mol. The average Bonchev–Trinajstić information content (AvgIpc) is 3.95. The number of nitrogens with zero attached hydrogens (tertiary/aromatic N) is 6. The predicted octanol–water partition coefficient (Wildman–Crippen LogP) is 5.67. The molecule has 2 amide bonds. The van der Waals surface area contributed by atoms with Gasteiger partial charge in [-0.2, -0.15) is 0 Å². The molecule has 54 heavy (non-hydrogen) atoms. The number of carbonyl (C=O) groups is 2. The molecule has 2 aliphatic carbocycles. The van der Waals surface area contributed by atoms with Gasteiger partial charge in [0.2, 0.25) is 0 Å². The van der Waals surface area contributed by atoms with Crippen molar-refractivity contribution in [1.29, 1.82) is 0 Å². The highest BCUT2D eigenvalue weighted by Gasteiger charge is 2.44. The monoisotopic (exact) mass is 774 g/mol. The van der Waals surface area contributed by atoms with Gasteiger partial charge < -0.3 is 30.0 Å². The van der Waals surface area contributed by atoms with E-state index in [2.05, 4.69) is 20.5 Å². The van der Waals surface area contributed by atoms with Crippen LogP contribution in [-0.2, 0) is 40.0 Å². The molecule has 4 aliphatic rings. The number of anilines is 2. The molecule has 286 valence electrons. The zero-order valence-corrected chi connectivity index (χ0v) is 32.4. The summed E-state index contributed by atoms with van der Waals surface area (Å²) in [6.07, 6.45) is 9.75. The number of benzene rings is 2. The van der Waals surface area contributed by atoms with E-state index < -0.39 is 5.91 Å². The molecule has 0 saturated heterocycles. The van der Waals surface area contributed by atoms with Crippen molar-refractivity contribution in [2.45, 2.75) is 70.5 Å². The van der Waals surface area contributed by atoms with Crippen molar-refractivity contribution in [2.75, 3.05) is 43.5 Å². The lowest BCUT2D eigenvalue weighted by atomic mass is 9.81. The van der Waals surface area contributed by atoms with Gasteiger partial charge in [-0.3, -0.25) is 19.4 Å². The highest BCUT2D eigenvalue weighted by Crippen LogP contribution is 2.56. The van der Waals surface area contributed by atoms with Gasteiger partial charge in [-0.15, -0.1) is 0 Å². The van der Waals surface area contributed by atoms with E-state index in [1.54, 1.807) is 35.9 Å². The number of aliphatic hydroxyl groups is 2. The molecular weight excluding hydrogens is 727 g/mol. The van der Waals surface area contributed by atoms with E-state index in [9.17, 15) is 19.8 Å². The Balaban J connectivity index is 0.953. The topological polar surface area (TPSA) is 141 Å². The molecule has 2 aromatic carbocycles. The fourth-order valence-electron chi connectivity index (χ4n) is 9.42. The molecule has 0 unspecified atom stereocenters. The summed E-state index contributed by atoms with van der Waals surface area (Å²) in [7, 11) is 3.71. The number of hydrogen-bond acceptors (Lipinski definition) is 8. The summed E-state index contributed by atoms with van der Waals surface area (Å²) in [5, 5.41) is 25.8. The van der Waals surface area contributed by atoms with Crippen molar-refractivity contribution >= 4 is 46.4 Å². The number of aliphatic hydroxyl groups excluding tert-OH is 2.